The van der Waals surface area contributed by atoms with Crippen LogP contribution in [0.2, 0.25) is 0 Å². The zero-order valence-corrected chi connectivity index (χ0v) is 13.8. The van der Waals surface area contributed by atoms with Crippen molar-refractivity contribution in [2.45, 2.75) is 103 Å². The normalized spacial score (nSPS) is 10.7. The van der Waals surface area contributed by atoms with Crippen molar-refractivity contribution in [3.63, 3.8) is 0 Å². The molecule has 0 aromatic heterocycles. The van der Waals surface area contributed by atoms with Crippen LogP contribution in [0.1, 0.15) is 103 Å². The fourth-order valence-corrected chi connectivity index (χ4v) is 2.59. The molecule has 118 valence electrons. The zero-order valence-electron chi connectivity index (χ0n) is 13.8. The van der Waals surface area contributed by atoms with E-state index in [0.717, 1.165) is 19.1 Å². The molecule has 0 aromatic carbocycles. The van der Waals surface area contributed by atoms with Crippen LogP contribution in [-0.4, -0.2) is 6.29 Å². The summed E-state index contributed by atoms with van der Waals surface area (Å²) in [5.74, 6) is 0. The first-order valence-corrected chi connectivity index (χ1v) is 8.91. The Labute approximate surface area is 127 Å². The molecule has 0 radical (unpaired) electrons. The minimum Gasteiger partial charge on any atom is -0.303 e. The molecule has 0 aliphatic heterocycles. The summed E-state index contributed by atoms with van der Waals surface area (Å²) in [6.07, 6.45) is 20.1. The number of carbonyl (C=O) groups excluding carboxylic acids is 1. The molecule has 0 rings (SSSR count). The molecule has 1 heteroatoms. The second-order valence-electron chi connectivity index (χ2n) is 6.09. The van der Waals surface area contributed by atoms with Gasteiger partial charge >= 0.3 is 0 Å². The van der Waals surface area contributed by atoms with Gasteiger partial charge < -0.3 is 4.79 Å². The van der Waals surface area contributed by atoms with Crippen molar-refractivity contribution in [1.82, 2.24) is 0 Å². The van der Waals surface area contributed by atoms with Gasteiger partial charge in [-0.2, -0.15) is 0 Å². The Morgan fingerprint density at radius 2 is 1.20 bits per heavy atom. The summed E-state index contributed by atoms with van der Waals surface area (Å²) in [7, 11) is 0. The summed E-state index contributed by atoms with van der Waals surface area (Å²) in [6, 6.07) is 0. The molecule has 0 bridgehead atoms. The molecular formula is C19H36O. The summed E-state index contributed by atoms with van der Waals surface area (Å²) in [6.45, 7) is 6.46. The quantitative estimate of drug-likeness (QED) is 0.176. The fraction of sp³-hybridized carbons (Fsp3) is 0.842. The third-order valence-corrected chi connectivity index (χ3v) is 3.99. The smallest absolute Gasteiger partial charge is 0.119 e. The number of aldehydes is 1. The molecule has 0 aliphatic rings. The topological polar surface area (TPSA) is 17.1 Å². The highest BCUT2D eigenvalue weighted by Crippen LogP contribution is 2.16. The number of allylic oxidation sites excluding steroid dienone is 1. The van der Waals surface area contributed by atoms with Crippen LogP contribution in [0.25, 0.3) is 0 Å². The van der Waals surface area contributed by atoms with Gasteiger partial charge in [0.15, 0.2) is 0 Å². The van der Waals surface area contributed by atoms with Crippen LogP contribution in [0.5, 0.6) is 0 Å². The predicted molar refractivity (Wildman–Crippen MR) is 90.1 cm³/mol. The molecule has 0 N–H and O–H groups in total. The maximum Gasteiger partial charge on any atom is 0.119 e. The van der Waals surface area contributed by atoms with Gasteiger partial charge in [-0.15, -0.1) is 0 Å². The number of hydrogen-bond acceptors (Lipinski definition) is 1. The van der Waals surface area contributed by atoms with E-state index in [9.17, 15) is 4.79 Å². The summed E-state index contributed by atoms with van der Waals surface area (Å²) >= 11 is 0. The lowest BCUT2D eigenvalue weighted by molar-refractivity contribution is -0.107. The Kier molecular flexibility index (Phi) is 16.0. The van der Waals surface area contributed by atoms with Crippen molar-refractivity contribution in [1.29, 1.82) is 0 Å². The van der Waals surface area contributed by atoms with Crippen molar-refractivity contribution in [3.8, 4) is 0 Å². The first-order valence-electron chi connectivity index (χ1n) is 8.91. The molecule has 0 saturated heterocycles. The van der Waals surface area contributed by atoms with Gasteiger partial charge in [0, 0.05) is 6.42 Å². The summed E-state index contributed by atoms with van der Waals surface area (Å²) in [5.41, 5.74) is 1.47. The third-order valence-electron chi connectivity index (χ3n) is 3.99. The van der Waals surface area contributed by atoms with Gasteiger partial charge in [0.1, 0.15) is 6.29 Å². The van der Waals surface area contributed by atoms with Crippen LogP contribution in [-0.2, 0) is 4.79 Å². The van der Waals surface area contributed by atoms with Gasteiger partial charge in [-0.05, 0) is 32.1 Å². The second kappa shape index (κ2) is 16.5. The van der Waals surface area contributed by atoms with Crippen molar-refractivity contribution in [3.05, 3.63) is 12.2 Å². The van der Waals surface area contributed by atoms with Gasteiger partial charge in [0.2, 0.25) is 0 Å². The Bertz CT molecular complexity index is 220. The minimum absolute atomic E-state index is 0.750. The highest BCUT2D eigenvalue weighted by atomic mass is 16.1. The molecule has 0 aliphatic carbocycles. The van der Waals surface area contributed by atoms with E-state index in [0.29, 0.717) is 0 Å². The van der Waals surface area contributed by atoms with Crippen LogP contribution in [0, 0.1) is 0 Å². The third kappa shape index (κ3) is 15.5. The van der Waals surface area contributed by atoms with Crippen molar-refractivity contribution in [2.24, 2.45) is 0 Å². The average Bonchev–Trinajstić information content (AvgIpc) is 2.45. The minimum atomic E-state index is 0.750. The molecule has 0 spiro atoms. The van der Waals surface area contributed by atoms with E-state index < -0.39 is 0 Å². The van der Waals surface area contributed by atoms with E-state index in [1.807, 2.05) is 0 Å². The Balaban J connectivity index is 3.11. The largest absolute Gasteiger partial charge is 0.303 e. The predicted octanol–water partition coefficient (Wildman–Crippen LogP) is 6.61. The van der Waals surface area contributed by atoms with Crippen LogP contribution >= 0.6 is 0 Å². The lowest BCUT2D eigenvalue weighted by atomic mass is 10.0. The first-order chi connectivity index (χ1) is 9.81. The molecule has 0 heterocycles. The molecule has 0 fully saturated rings. The van der Waals surface area contributed by atoms with E-state index >= 15 is 0 Å². The SMILES string of the molecule is C=C(CCCCCC)CCCCCCCCCCC=O. The maximum absolute atomic E-state index is 10.2. The standard InChI is InChI=1S/C19H36O/c1-3-4-5-13-16-19(2)17-14-11-9-7-6-8-10-12-15-18-20/h18H,2-17H2,1H3. The van der Waals surface area contributed by atoms with E-state index in [4.69, 9.17) is 0 Å². The van der Waals surface area contributed by atoms with E-state index in [2.05, 4.69) is 13.5 Å². The van der Waals surface area contributed by atoms with Crippen molar-refractivity contribution < 1.29 is 4.79 Å². The van der Waals surface area contributed by atoms with Crippen molar-refractivity contribution in [2.75, 3.05) is 0 Å². The van der Waals surface area contributed by atoms with Gasteiger partial charge in [0.25, 0.3) is 0 Å². The van der Waals surface area contributed by atoms with Gasteiger partial charge in [-0.25, -0.2) is 0 Å². The second-order valence-corrected chi connectivity index (χ2v) is 6.09. The molecule has 20 heavy (non-hydrogen) atoms. The molecule has 0 atom stereocenters. The van der Waals surface area contributed by atoms with Gasteiger partial charge in [-0.1, -0.05) is 76.9 Å². The Morgan fingerprint density at radius 1 is 0.750 bits per heavy atom. The Hall–Kier alpha value is -0.590. The highest BCUT2D eigenvalue weighted by molar-refractivity contribution is 5.48. The van der Waals surface area contributed by atoms with Crippen molar-refractivity contribution >= 4 is 6.29 Å². The fourth-order valence-electron chi connectivity index (χ4n) is 2.59. The van der Waals surface area contributed by atoms with Crippen LogP contribution in [0.4, 0.5) is 0 Å². The number of carbonyl (C=O) groups is 1. The van der Waals surface area contributed by atoms with E-state index in [1.165, 1.54) is 89.0 Å². The first kappa shape index (κ1) is 19.4. The van der Waals surface area contributed by atoms with Crippen LogP contribution < -0.4 is 0 Å². The molecule has 0 aromatic rings. The average molecular weight is 280 g/mol. The number of hydrogen-bond donors (Lipinski definition) is 0. The molecule has 0 unspecified atom stereocenters. The van der Waals surface area contributed by atoms with Gasteiger partial charge in [-0.3, -0.25) is 0 Å². The van der Waals surface area contributed by atoms with E-state index in [1.54, 1.807) is 0 Å². The molecule has 1 nitrogen and oxygen atoms in total. The molecule has 0 amide bonds. The van der Waals surface area contributed by atoms with Gasteiger partial charge in [0.05, 0.1) is 0 Å². The zero-order chi connectivity index (χ0) is 14.9. The summed E-state index contributed by atoms with van der Waals surface area (Å²) < 4.78 is 0. The molecule has 0 saturated carbocycles. The number of rotatable bonds is 16. The van der Waals surface area contributed by atoms with Crippen LogP contribution in [0.3, 0.4) is 0 Å². The maximum atomic E-state index is 10.2. The summed E-state index contributed by atoms with van der Waals surface area (Å²) in [5, 5.41) is 0. The number of unbranched alkanes of at least 4 members (excludes halogenated alkanes) is 11. The lowest BCUT2D eigenvalue weighted by Gasteiger charge is -2.05. The van der Waals surface area contributed by atoms with Crippen LogP contribution in [0.15, 0.2) is 12.2 Å². The Morgan fingerprint density at radius 3 is 1.70 bits per heavy atom. The lowest BCUT2D eigenvalue weighted by Crippen LogP contribution is -1.86. The highest BCUT2D eigenvalue weighted by Gasteiger charge is 1.97. The van der Waals surface area contributed by atoms with E-state index in [-0.39, 0.29) is 0 Å². The monoisotopic (exact) mass is 280 g/mol. The molecular weight excluding hydrogens is 244 g/mol. The summed E-state index contributed by atoms with van der Waals surface area (Å²) in [4.78, 5) is 10.2.